The first-order valence-corrected chi connectivity index (χ1v) is 6.27. The second kappa shape index (κ2) is 6.25. The van der Waals surface area contributed by atoms with E-state index < -0.39 is 0 Å². The largest absolute Gasteiger partial charge is 0.295 e. The van der Waals surface area contributed by atoms with Crippen molar-refractivity contribution in [2.24, 2.45) is 5.92 Å². The van der Waals surface area contributed by atoms with Crippen LogP contribution < -0.4 is 0 Å². The van der Waals surface area contributed by atoms with Gasteiger partial charge in [0.15, 0.2) is 5.78 Å². The molecular weight excluding hydrogens is 180 g/mol. The van der Waals surface area contributed by atoms with Gasteiger partial charge >= 0.3 is 0 Å². The molecule has 0 radical (unpaired) electrons. The molecule has 1 rings (SSSR count). The normalized spacial score (nSPS) is 19.5. The van der Waals surface area contributed by atoms with Gasteiger partial charge in [-0.05, 0) is 42.8 Å². The molecule has 1 fully saturated rings. The molecule has 0 aromatic rings. The highest BCUT2D eigenvalue weighted by molar-refractivity contribution is 7.99. The zero-order chi connectivity index (χ0) is 9.52. The molecule has 0 aromatic carbocycles. The molecule has 0 aliphatic carbocycles. The fourth-order valence-electron chi connectivity index (χ4n) is 1.48. The van der Waals surface area contributed by atoms with E-state index in [1.165, 1.54) is 24.3 Å². The van der Waals surface area contributed by atoms with Gasteiger partial charge in [0.05, 0.1) is 0 Å². The molecule has 0 amide bonds. The molecule has 0 bridgehead atoms. The average Bonchev–Trinajstić information content (AvgIpc) is 2.17. The lowest BCUT2D eigenvalue weighted by atomic mass is 10.0. The van der Waals surface area contributed by atoms with Gasteiger partial charge in [0, 0.05) is 6.42 Å². The summed E-state index contributed by atoms with van der Waals surface area (Å²) < 4.78 is 0. The molecule has 0 saturated carbocycles. The van der Waals surface area contributed by atoms with E-state index in [9.17, 15) is 4.79 Å². The summed E-state index contributed by atoms with van der Waals surface area (Å²) in [6.07, 6.45) is 8.09. The van der Waals surface area contributed by atoms with Crippen LogP contribution in [0.15, 0.2) is 12.2 Å². The molecule has 1 aliphatic rings. The van der Waals surface area contributed by atoms with E-state index in [1.54, 1.807) is 6.08 Å². The highest BCUT2D eigenvalue weighted by Crippen LogP contribution is 2.23. The van der Waals surface area contributed by atoms with Crippen LogP contribution in [0.5, 0.6) is 0 Å². The third-order valence-electron chi connectivity index (χ3n) is 2.32. The zero-order valence-electron chi connectivity index (χ0n) is 8.29. The second-order valence-corrected chi connectivity index (χ2v) is 4.75. The van der Waals surface area contributed by atoms with Crippen molar-refractivity contribution in [1.82, 2.24) is 0 Å². The minimum absolute atomic E-state index is 0.292. The number of hydrogen-bond donors (Lipinski definition) is 0. The minimum Gasteiger partial charge on any atom is -0.295 e. The first kappa shape index (κ1) is 10.8. The van der Waals surface area contributed by atoms with E-state index in [4.69, 9.17) is 0 Å². The third-order valence-corrected chi connectivity index (χ3v) is 3.37. The lowest BCUT2D eigenvalue weighted by Crippen LogP contribution is -2.07. The molecule has 1 saturated heterocycles. The molecule has 0 N–H and O–H groups in total. The summed E-state index contributed by atoms with van der Waals surface area (Å²) in [6, 6.07) is 0. The van der Waals surface area contributed by atoms with Crippen molar-refractivity contribution in [3.05, 3.63) is 12.2 Å². The van der Waals surface area contributed by atoms with Crippen molar-refractivity contribution in [3.8, 4) is 0 Å². The summed E-state index contributed by atoms with van der Waals surface area (Å²) in [5, 5.41) is 0. The van der Waals surface area contributed by atoms with Crippen LogP contribution in [-0.4, -0.2) is 17.3 Å². The van der Waals surface area contributed by atoms with Crippen molar-refractivity contribution in [3.63, 3.8) is 0 Å². The van der Waals surface area contributed by atoms with Gasteiger partial charge in [-0.1, -0.05) is 13.0 Å². The smallest absolute Gasteiger partial charge is 0.155 e. The minimum atomic E-state index is 0.292. The Bertz CT molecular complexity index is 181. The van der Waals surface area contributed by atoms with Crippen LogP contribution in [0.25, 0.3) is 0 Å². The Morgan fingerprint density at radius 3 is 2.77 bits per heavy atom. The molecule has 13 heavy (non-hydrogen) atoms. The maximum atomic E-state index is 11.2. The number of allylic oxidation sites excluding steroid dienone is 2. The topological polar surface area (TPSA) is 17.1 Å². The molecule has 1 heterocycles. The Labute approximate surface area is 85.0 Å². The van der Waals surface area contributed by atoms with Gasteiger partial charge in [-0.15, -0.1) is 0 Å². The monoisotopic (exact) mass is 198 g/mol. The highest BCUT2D eigenvalue weighted by atomic mass is 32.2. The summed E-state index contributed by atoms with van der Waals surface area (Å²) in [4.78, 5) is 11.2. The number of rotatable bonds is 4. The van der Waals surface area contributed by atoms with Gasteiger partial charge in [0.25, 0.3) is 0 Å². The average molecular weight is 198 g/mol. The number of carbonyl (C=O) groups excluding carboxylic acids is 1. The fraction of sp³-hybridized carbons (Fsp3) is 0.727. The lowest BCUT2D eigenvalue weighted by Gasteiger charge is -2.17. The quantitative estimate of drug-likeness (QED) is 0.646. The van der Waals surface area contributed by atoms with Gasteiger partial charge in [-0.3, -0.25) is 4.79 Å². The Morgan fingerprint density at radius 1 is 1.46 bits per heavy atom. The maximum Gasteiger partial charge on any atom is 0.155 e. The van der Waals surface area contributed by atoms with Crippen LogP contribution in [0.4, 0.5) is 0 Å². The number of carbonyl (C=O) groups is 1. The Balaban J connectivity index is 2.24. The van der Waals surface area contributed by atoms with Crippen molar-refractivity contribution in [2.75, 3.05) is 11.5 Å². The van der Waals surface area contributed by atoms with Gasteiger partial charge in [0.2, 0.25) is 0 Å². The molecule has 0 aromatic heterocycles. The molecule has 74 valence electrons. The van der Waals surface area contributed by atoms with E-state index in [0.717, 1.165) is 6.42 Å². The van der Waals surface area contributed by atoms with Crippen LogP contribution in [-0.2, 0) is 4.79 Å². The Morgan fingerprint density at radius 2 is 2.15 bits per heavy atom. The van der Waals surface area contributed by atoms with E-state index in [0.29, 0.717) is 18.1 Å². The SMILES string of the molecule is CCCC(=O)C=CC1CCSCC1. The first-order valence-electron chi connectivity index (χ1n) is 5.11. The third kappa shape index (κ3) is 4.51. The second-order valence-electron chi connectivity index (χ2n) is 3.53. The van der Waals surface area contributed by atoms with E-state index in [1.807, 2.05) is 18.7 Å². The lowest BCUT2D eigenvalue weighted by molar-refractivity contribution is -0.114. The Hall–Kier alpha value is -0.240. The maximum absolute atomic E-state index is 11.2. The molecule has 0 atom stereocenters. The van der Waals surface area contributed by atoms with Crippen LogP contribution in [0.1, 0.15) is 32.6 Å². The number of ketones is 1. The van der Waals surface area contributed by atoms with Crippen LogP contribution in [0.2, 0.25) is 0 Å². The molecule has 0 unspecified atom stereocenters. The zero-order valence-corrected chi connectivity index (χ0v) is 9.11. The molecule has 2 heteroatoms. The molecule has 1 nitrogen and oxygen atoms in total. The van der Waals surface area contributed by atoms with Crippen LogP contribution >= 0.6 is 11.8 Å². The fourth-order valence-corrected chi connectivity index (χ4v) is 2.62. The standard InChI is InChI=1S/C11H18OS/c1-2-3-11(12)5-4-10-6-8-13-9-7-10/h4-5,10H,2-3,6-9H2,1H3. The van der Waals surface area contributed by atoms with E-state index >= 15 is 0 Å². The van der Waals surface area contributed by atoms with Crippen molar-refractivity contribution in [2.45, 2.75) is 32.6 Å². The van der Waals surface area contributed by atoms with E-state index in [2.05, 4.69) is 6.08 Å². The van der Waals surface area contributed by atoms with Crippen molar-refractivity contribution >= 4 is 17.5 Å². The molecule has 0 spiro atoms. The van der Waals surface area contributed by atoms with Crippen molar-refractivity contribution < 1.29 is 4.79 Å². The van der Waals surface area contributed by atoms with Gasteiger partial charge in [0.1, 0.15) is 0 Å². The van der Waals surface area contributed by atoms with Crippen molar-refractivity contribution in [1.29, 1.82) is 0 Å². The summed E-state index contributed by atoms with van der Waals surface area (Å²) in [6.45, 7) is 2.04. The predicted molar refractivity (Wildman–Crippen MR) is 59.1 cm³/mol. The summed E-state index contributed by atoms with van der Waals surface area (Å²) in [7, 11) is 0. The number of thioether (sulfide) groups is 1. The summed E-state index contributed by atoms with van der Waals surface area (Å²) in [5.74, 6) is 3.48. The Kier molecular flexibility index (Phi) is 5.21. The van der Waals surface area contributed by atoms with Gasteiger partial charge < -0.3 is 0 Å². The number of hydrogen-bond acceptors (Lipinski definition) is 2. The summed E-state index contributed by atoms with van der Waals surface area (Å²) in [5.41, 5.74) is 0. The first-order chi connectivity index (χ1) is 6.33. The van der Waals surface area contributed by atoms with Crippen LogP contribution in [0, 0.1) is 5.92 Å². The molecule has 1 aliphatic heterocycles. The van der Waals surface area contributed by atoms with Crippen LogP contribution in [0.3, 0.4) is 0 Å². The predicted octanol–water partition coefficient (Wildman–Crippen LogP) is 3.06. The van der Waals surface area contributed by atoms with Gasteiger partial charge in [-0.2, -0.15) is 11.8 Å². The van der Waals surface area contributed by atoms with E-state index in [-0.39, 0.29) is 0 Å². The molecular formula is C11H18OS. The summed E-state index contributed by atoms with van der Waals surface area (Å²) >= 11 is 2.02. The highest BCUT2D eigenvalue weighted by Gasteiger charge is 2.10. The van der Waals surface area contributed by atoms with Gasteiger partial charge in [-0.25, -0.2) is 0 Å².